The molecule has 0 aliphatic carbocycles. The van der Waals surface area contributed by atoms with Gasteiger partial charge in [-0.15, -0.1) is 0 Å². The monoisotopic (exact) mass is 984 g/mol. The van der Waals surface area contributed by atoms with Crippen molar-refractivity contribution in [2.24, 2.45) is 17.4 Å². The number of carbonyl (C=O) groups excluding carboxylic acids is 8. The highest BCUT2D eigenvalue weighted by Crippen LogP contribution is 2.12. The highest BCUT2D eigenvalue weighted by Gasteiger charge is 2.34. The van der Waals surface area contributed by atoms with Crippen LogP contribution in [0, 0.1) is 5.92 Å². The predicted octanol–water partition coefficient (Wildman–Crippen LogP) is -4.64. The number of rotatable bonds is 33. The Hall–Kier alpha value is -6.58. The second-order valence-electron chi connectivity index (χ2n) is 15.7. The number of carboxylic acids is 3. The number of benzene rings is 1. The first-order valence-electron chi connectivity index (χ1n) is 21.4. The van der Waals surface area contributed by atoms with Gasteiger partial charge in [0.2, 0.25) is 47.3 Å². The SMILES string of the molecule is CSCC[C@H](NC(=O)CNC(=O)[C@@H](N)C(C)C)C(=O)NCC(=O)N[C@@H](CCC(=O)O)C(=O)N[C@@H](CCCCN)C(=O)N[C@@H](CC(=O)O)C(=O)N[C@@H](CO)C(=O)N[C@@H](Cc1ccc(O)cc1)C(=O)O. The van der Waals surface area contributed by atoms with Gasteiger partial charge in [0.1, 0.15) is 42.0 Å². The van der Waals surface area contributed by atoms with Gasteiger partial charge in [-0.3, -0.25) is 47.9 Å². The number of aliphatic hydroxyl groups excluding tert-OH is 1. The van der Waals surface area contributed by atoms with E-state index in [0.29, 0.717) is 17.7 Å². The number of aliphatic carboxylic acids is 3. The minimum absolute atomic E-state index is 0.101. The Bertz CT molecular complexity index is 1910. The molecule has 68 heavy (non-hydrogen) atoms. The average molecular weight is 985 g/mol. The largest absolute Gasteiger partial charge is 0.508 e. The van der Waals surface area contributed by atoms with Crippen molar-refractivity contribution in [2.45, 2.75) is 108 Å². The standard InChI is InChI=1S/C41H64N10O16S/c1-21(2)34(43)40(65)45-19-31(55)47-26(13-15-68-3)35(60)44-18-30(54)46-25(11-12-32(56)57)37(62)48-24(6-4-5-14-42)36(61)49-27(17-33(58)59)38(63)51-29(20-52)39(64)50-28(41(66)67)16-22-7-9-23(53)10-8-22/h7-10,21,24-29,34,52-53H,4-6,11-20,42-43H2,1-3H3,(H,44,60)(H,45,65)(H,46,54)(H,47,55)(H,48,62)(H,49,61)(H,50,64)(H,51,63)(H,56,57)(H,58,59)(H,66,67)/t24-,25-,26-,27-,28-,29-,34-/m0/s1. The summed E-state index contributed by atoms with van der Waals surface area (Å²) in [5, 5.41) is 66.3. The van der Waals surface area contributed by atoms with E-state index in [2.05, 4.69) is 42.5 Å². The van der Waals surface area contributed by atoms with Crippen LogP contribution in [0.3, 0.4) is 0 Å². The van der Waals surface area contributed by atoms with E-state index in [1.807, 2.05) is 0 Å². The molecule has 7 atom stereocenters. The molecule has 0 aliphatic heterocycles. The summed E-state index contributed by atoms with van der Waals surface area (Å²) in [5.74, 6) is -12.2. The molecule has 0 saturated carbocycles. The highest BCUT2D eigenvalue weighted by molar-refractivity contribution is 7.98. The van der Waals surface area contributed by atoms with Crippen LogP contribution in [0.5, 0.6) is 5.75 Å². The number of carboxylic acid groups (broad SMARTS) is 3. The van der Waals surface area contributed by atoms with Crippen molar-refractivity contribution in [3.8, 4) is 5.75 Å². The zero-order chi connectivity index (χ0) is 51.5. The van der Waals surface area contributed by atoms with E-state index in [1.54, 1.807) is 20.1 Å². The number of amides is 8. The molecule has 0 aliphatic rings. The molecule has 1 aromatic rings. The zero-order valence-electron chi connectivity index (χ0n) is 37.9. The zero-order valence-corrected chi connectivity index (χ0v) is 38.7. The summed E-state index contributed by atoms with van der Waals surface area (Å²) in [6.45, 7) is 1.20. The first-order valence-corrected chi connectivity index (χ1v) is 22.8. The molecule has 0 saturated heterocycles. The summed E-state index contributed by atoms with van der Waals surface area (Å²) in [4.78, 5) is 140. The van der Waals surface area contributed by atoms with E-state index >= 15 is 0 Å². The molecule has 0 aromatic heterocycles. The van der Waals surface area contributed by atoms with E-state index < -0.39 is 146 Å². The highest BCUT2D eigenvalue weighted by atomic mass is 32.2. The number of nitrogens with one attached hydrogen (secondary N) is 8. The molecule has 1 rings (SSSR count). The Labute approximate surface area is 395 Å². The number of phenolic OH excluding ortho intramolecular Hbond substituents is 1. The van der Waals surface area contributed by atoms with Gasteiger partial charge in [0.05, 0.1) is 32.2 Å². The Morgan fingerprint density at radius 2 is 1.09 bits per heavy atom. The van der Waals surface area contributed by atoms with Gasteiger partial charge in [-0.1, -0.05) is 26.0 Å². The molecule has 0 spiro atoms. The second kappa shape index (κ2) is 31.4. The number of aromatic hydroxyl groups is 1. The van der Waals surface area contributed by atoms with E-state index in [4.69, 9.17) is 11.5 Å². The number of unbranched alkanes of at least 4 members (excludes halogenated alkanes) is 1. The number of hydrogen-bond donors (Lipinski definition) is 15. The fourth-order valence-electron chi connectivity index (χ4n) is 5.91. The molecule has 0 bridgehead atoms. The van der Waals surface area contributed by atoms with Crippen LogP contribution in [0.4, 0.5) is 0 Å². The number of hydrogen-bond acceptors (Lipinski definition) is 16. The first-order chi connectivity index (χ1) is 32.0. The van der Waals surface area contributed by atoms with E-state index in [-0.39, 0.29) is 43.9 Å². The first kappa shape index (κ1) is 59.4. The molecule has 0 radical (unpaired) electrons. The summed E-state index contributed by atoms with van der Waals surface area (Å²) in [6.07, 6.45) is -0.386. The Morgan fingerprint density at radius 3 is 1.59 bits per heavy atom. The number of nitrogens with two attached hydrogens (primary N) is 2. The molecule has 0 unspecified atom stereocenters. The van der Waals surface area contributed by atoms with Gasteiger partial charge in [0, 0.05) is 12.8 Å². The van der Waals surface area contributed by atoms with E-state index in [0.717, 1.165) is 0 Å². The van der Waals surface area contributed by atoms with Gasteiger partial charge in [0.15, 0.2) is 0 Å². The molecule has 26 nitrogen and oxygen atoms in total. The summed E-state index contributed by atoms with van der Waals surface area (Å²) in [5.41, 5.74) is 11.8. The Morgan fingerprint density at radius 1 is 0.603 bits per heavy atom. The lowest BCUT2D eigenvalue weighted by atomic mass is 10.0. The molecular weight excluding hydrogens is 921 g/mol. The summed E-state index contributed by atoms with van der Waals surface area (Å²) in [6, 6.07) is -5.28. The van der Waals surface area contributed by atoms with Crippen LogP contribution in [0.1, 0.15) is 64.4 Å². The normalized spacial score (nSPS) is 14.0. The van der Waals surface area contributed by atoms with Crippen molar-refractivity contribution in [3.63, 3.8) is 0 Å². The van der Waals surface area contributed by atoms with Crippen molar-refractivity contribution in [1.82, 2.24) is 42.5 Å². The van der Waals surface area contributed by atoms with Crippen molar-refractivity contribution in [2.75, 3.05) is 38.2 Å². The molecule has 27 heteroatoms. The van der Waals surface area contributed by atoms with Crippen LogP contribution < -0.4 is 54.0 Å². The lowest BCUT2D eigenvalue weighted by Gasteiger charge is -2.26. The van der Waals surface area contributed by atoms with Gasteiger partial charge in [-0.05, 0) is 74.3 Å². The quantitative estimate of drug-likeness (QED) is 0.0295. The predicted molar refractivity (Wildman–Crippen MR) is 242 cm³/mol. The Balaban J connectivity index is 3.18. The topological polar surface area (TPSA) is 437 Å². The second-order valence-corrected chi connectivity index (χ2v) is 16.7. The maximum absolute atomic E-state index is 13.7. The van der Waals surface area contributed by atoms with Gasteiger partial charge >= 0.3 is 17.9 Å². The number of carbonyl (C=O) groups is 11. The van der Waals surface area contributed by atoms with Crippen LogP contribution in [0.25, 0.3) is 0 Å². The lowest BCUT2D eigenvalue weighted by Crippen LogP contribution is -2.60. The number of aliphatic hydroxyl groups is 1. The average Bonchev–Trinajstić information content (AvgIpc) is 3.28. The molecular formula is C41H64N10O16S. The molecule has 17 N–H and O–H groups in total. The molecule has 8 amide bonds. The minimum Gasteiger partial charge on any atom is -0.508 e. The summed E-state index contributed by atoms with van der Waals surface area (Å²) in [7, 11) is 0. The third-order valence-corrected chi connectivity index (χ3v) is 10.5. The minimum atomic E-state index is -1.96. The maximum atomic E-state index is 13.7. The Kier molecular flexibility index (Phi) is 27.4. The van der Waals surface area contributed by atoms with E-state index in [1.165, 1.54) is 36.0 Å². The van der Waals surface area contributed by atoms with E-state index in [9.17, 15) is 78.3 Å². The molecule has 0 fully saturated rings. The third kappa shape index (κ3) is 23.2. The van der Waals surface area contributed by atoms with Gasteiger partial charge in [-0.25, -0.2) is 4.79 Å². The smallest absolute Gasteiger partial charge is 0.326 e. The van der Waals surface area contributed by atoms with Crippen LogP contribution in [-0.4, -0.2) is 171 Å². The molecule has 380 valence electrons. The van der Waals surface area contributed by atoms with Crippen LogP contribution >= 0.6 is 11.8 Å². The molecule has 0 heterocycles. The van der Waals surface area contributed by atoms with Gasteiger partial charge in [-0.2, -0.15) is 11.8 Å². The lowest BCUT2D eigenvalue weighted by molar-refractivity contribution is -0.143. The van der Waals surface area contributed by atoms with Crippen LogP contribution in [0.15, 0.2) is 24.3 Å². The van der Waals surface area contributed by atoms with Crippen molar-refractivity contribution in [1.29, 1.82) is 0 Å². The van der Waals surface area contributed by atoms with Crippen molar-refractivity contribution in [3.05, 3.63) is 29.8 Å². The number of phenols is 1. The van der Waals surface area contributed by atoms with Crippen LogP contribution in [0.2, 0.25) is 0 Å². The van der Waals surface area contributed by atoms with Gasteiger partial charge < -0.3 is 79.5 Å². The summed E-state index contributed by atoms with van der Waals surface area (Å²) >= 11 is 1.35. The fraction of sp³-hybridized carbons (Fsp3) is 0.585. The fourth-order valence-corrected chi connectivity index (χ4v) is 6.38. The van der Waals surface area contributed by atoms with Gasteiger partial charge in [0.25, 0.3) is 0 Å². The number of thioether (sulfide) groups is 1. The van der Waals surface area contributed by atoms with Crippen molar-refractivity contribution < 1.29 is 78.3 Å². The summed E-state index contributed by atoms with van der Waals surface area (Å²) < 4.78 is 0. The van der Waals surface area contributed by atoms with Crippen molar-refractivity contribution >= 4 is 76.9 Å². The third-order valence-electron chi connectivity index (χ3n) is 9.83. The molecule has 1 aromatic carbocycles. The van der Waals surface area contributed by atoms with Crippen LogP contribution in [-0.2, 0) is 59.2 Å². The maximum Gasteiger partial charge on any atom is 0.326 e.